The molecule has 0 heterocycles. The molecule has 4 nitrogen and oxygen atoms in total. The Morgan fingerprint density at radius 3 is 2.72 bits per heavy atom. The van der Waals surface area contributed by atoms with Crippen LogP contribution in [0.2, 0.25) is 0 Å². The second kappa shape index (κ2) is 8.91. The fourth-order valence-corrected chi connectivity index (χ4v) is 1.68. The van der Waals surface area contributed by atoms with Crippen molar-refractivity contribution in [2.45, 2.75) is 19.4 Å². The molecule has 0 amide bonds. The van der Waals surface area contributed by atoms with E-state index in [1.807, 2.05) is 31.2 Å². The number of para-hydroxylation sites is 1. The van der Waals surface area contributed by atoms with E-state index in [0.29, 0.717) is 26.4 Å². The van der Waals surface area contributed by atoms with Gasteiger partial charge in [-0.15, -0.1) is 0 Å². The van der Waals surface area contributed by atoms with Crippen LogP contribution in [0.15, 0.2) is 24.3 Å². The Kier molecular flexibility index (Phi) is 7.41. The first-order chi connectivity index (χ1) is 8.79. The van der Waals surface area contributed by atoms with Gasteiger partial charge in [0.25, 0.3) is 0 Å². The van der Waals surface area contributed by atoms with Crippen molar-refractivity contribution in [3.05, 3.63) is 29.8 Å². The molecule has 0 bridgehead atoms. The Labute approximate surface area is 109 Å². The maximum Gasteiger partial charge on any atom is 0.124 e. The van der Waals surface area contributed by atoms with Crippen molar-refractivity contribution in [3.63, 3.8) is 0 Å². The van der Waals surface area contributed by atoms with Crippen LogP contribution in [0.3, 0.4) is 0 Å². The van der Waals surface area contributed by atoms with E-state index in [-0.39, 0.29) is 6.04 Å². The highest BCUT2D eigenvalue weighted by molar-refractivity contribution is 5.35. The average Bonchev–Trinajstić information content (AvgIpc) is 2.39. The third-order valence-electron chi connectivity index (χ3n) is 2.55. The van der Waals surface area contributed by atoms with Crippen LogP contribution in [-0.4, -0.2) is 33.5 Å². The molecule has 0 aliphatic rings. The van der Waals surface area contributed by atoms with Gasteiger partial charge in [-0.2, -0.15) is 0 Å². The zero-order chi connectivity index (χ0) is 13.2. The van der Waals surface area contributed by atoms with Crippen LogP contribution in [0.5, 0.6) is 5.75 Å². The van der Waals surface area contributed by atoms with Gasteiger partial charge in [-0.25, -0.2) is 0 Å². The highest BCUT2D eigenvalue weighted by Gasteiger charge is 2.11. The van der Waals surface area contributed by atoms with Gasteiger partial charge in [-0.05, 0) is 19.4 Å². The van der Waals surface area contributed by atoms with Crippen LogP contribution < -0.4 is 10.5 Å². The van der Waals surface area contributed by atoms with Gasteiger partial charge in [0.2, 0.25) is 0 Å². The summed E-state index contributed by atoms with van der Waals surface area (Å²) in [6, 6.07) is 7.66. The van der Waals surface area contributed by atoms with Gasteiger partial charge >= 0.3 is 0 Å². The van der Waals surface area contributed by atoms with E-state index in [0.717, 1.165) is 17.7 Å². The average molecular weight is 253 g/mol. The molecule has 1 unspecified atom stereocenters. The molecule has 1 rings (SSSR count). The van der Waals surface area contributed by atoms with Crippen LogP contribution in [0.4, 0.5) is 0 Å². The van der Waals surface area contributed by atoms with Crippen molar-refractivity contribution < 1.29 is 14.2 Å². The van der Waals surface area contributed by atoms with Gasteiger partial charge in [0.1, 0.15) is 5.75 Å². The lowest BCUT2D eigenvalue weighted by molar-refractivity contribution is 0.0935. The predicted molar refractivity (Wildman–Crippen MR) is 71.9 cm³/mol. The van der Waals surface area contributed by atoms with Gasteiger partial charge in [-0.3, -0.25) is 0 Å². The molecule has 1 aromatic rings. The summed E-state index contributed by atoms with van der Waals surface area (Å²) < 4.78 is 16.0. The normalized spacial score (nSPS) is 12.4. The standard InChI is InChI=1S/C14H23NO3/c1-3-18-14-8-5-4-7-12(14)13(15)11-17-10-6-9-16-2/h4-5,7-8,13H,3,6,9-11,15H2,1-2H3. The SMILES string of the molecule is CCOc1ccccc1C(N)COCCCOC. The number of methoxy groups -OCH3 is 1. The fourth-order valence-electron chi connectivity index (χ4n) is 1.68. The molecule has 0 aliphatic heterocycles. The molecule has 2 N–H and O–H groups in total. The molecule has 0 radical (unpaired) electrons. The summed E-state index contributed by atoms with van der Waals surface area (Å²) in [5.74, 6) is 0.841. The summed E-state index contributed by atoms with van der Waals surface area (Å²) in [7, 11) is 1.68. The zero-order valence-electron chi connectivity index (χ0n) is 11.2. The summed E-state index contributed by atoms with van der Waals surface area (Å²) in [5.41, 5.74) is 7.10. The van der Waals surface area contributed by atoms with Crippen LogP contribution in [-0.2, 0) is 9.47 Å². The molecule has 0 aliphatic carbocycles. The minimum atomic E-state index is -0.157. The van der Waals surface area contributed by atoms with E-state index in [4.69, 9.17) is 19.9 Å². The molecule has 0 fully saturated rings. The maximum atomic E-state index is 6.10. The van der Waals surface area contributed by atoms with Crippen molar-refractivity contribution in [1.29, 1.82) is 0 Å². The number of nitrogens with two attached hydrogens (primary N) is 1. The number of ether oxygens (including phenoxy) is 3. The van der Waals surface area contributed by atoms with E-state index in [2.05, 4.69) is 0 Å². The smallest absolute Gasteiger partial charge is 0.124 e. The molecule has 0 aromatic heterocycles. The molecule has 4 heteroatoms. The Balaban J connectivity index is 2.42. The summed E-state index contributed by atoms with van der Waals surface area (Å²) in [4.78, 5) is 0. The Hall–Kier alpha value is -1.10. The molecule has 1 aromatic carbocycles. The van der Waals surface area contributed by atoms with Crippen molar-refractivity contribution in [2.24, 2.45) is 5.73 Å². The van der Waals surface area contributed by atoms with Crippen molar-refractivity contribution in [3.8, 4) is 5.75 Å². The fraction of sp³-hybridized carbons (Fsp3) is 0.571. The lowest BCUT2D eigenvalue weighted by Crippen LogP contribution is -2.18. The van der Waals surface area contributed by atoms with Crippen molar-refractivity contribution >= 4 is 0 Å². The van der Waals surface area contributed by atoms with Crippen LogP contribution in [0, 0.1) is 0 Å². The maximum absolute atomic E-state index is 6.10. The van der Waals surface area contributed by atoms with Gasteiger partial charge in [0, 0.05) is 25.9 Å². The van der Waals surface area contributed by atoms with Gasteiger partial charge in [0.15, 0.2) is 0 Å². The second-order valence-corrected chi connectivity index (χ2v) is 4.00. The number of hydrogen-bond donors (Lipinski definition) is 1. The van der Waals surface area contributed by atoms with Crippen molar-refractivity contribution in [2.75, 3.05) is 33.5 Å². The molecule has 0 saturated heterocycles. The van der Waals surface area contributed by atoms with E-state index in [9.17, 15) is 0 Å². The highest BCUT2D eigenvalue weighted by atomic mass is 16.5. The van der Waals surface area contributed by atoms with E-state index in [1.54, 1.807) is 7.11 Å². The molecule has 18 heavy (non-hydrogen) atoms. The van der Waals surface area contributed by atoms with Gasteiger partial charge in [0.05, 0.1) is 19.3 Å². The molecule has 0 spiro atoms. The van der Waals surface area contributed by atoms with Crippen molar-refractivity contribution in [1.82, 2.24) is 0 Å². The second-order valence-electron chi connectivity index (χ2n) is 4.00. The Bertz CT molecular complexity index is 331. The van der Waals surface area contributed by atoms with Crippen LogP contribution >= 0.6 is 0 Å². The summed E-state index contributed by atoms with van der Waals surface area (Å²) in [6.07, 6.45) is 0.885. The molecular weight excluding hydrogens is 230 g/mol. The summed E-state index contributed by atoms with van der Waals surface area (Å²) in [5, 5.41) is 0. The zero-order valence-corrected chi connectivity index (χ0v) is 11.2. The van der Waals surface area contributed by atoms with E-state index < -0.39 is 0 Å². The lowest BCUT2D eigenvalue weighted by atomic mass is 10.1. The molecule has 102 valence electrons. The minimum absolute atomic E-state index is 0.157. The van der Waals surface area contributed by atoms with E-state index in [1.165, 1.54) is 0 Å². The Morgan fingerprint density at radius 1 is 1.22 bits per heavy atom. The number of benzene rings is 1. The predicted octanol–water partition coefficient (Wildman–Crippen LogP) is 2.14. The third-order valence-corrected chi connectivity index (χ3v) is 2.55. The quantitative estimate of drug-likeness (QED) is 0.685. The molecule has 0 saturated carbocycles. The van der Waals surface area contributed by atoms with E-state index >= 15 is 0 Å². The lowest BCUT2D eigenvalue weighted by Gasteiger charge is -2.16. The monoisotopic (exact) mass is 253 g/mol. The van der Waals surface area contributed by atoms with Crippen LogP contribution in [0.25, 0.3) is 0 Å². The number of hydrogen-bond acceptors (Lipinski definition) is 4. The first-order valence-corrected chi connectivity index (χ1v) is 6.33. The topological polar surface area (TPSA) is 53.7 Å². The summed E-state index contributed by atoms with van der Waals surface area (Å²) in [6.45, 7) is 4.47. The molecular formula is C14H23NO3. The first kappa shape index (κ1) is 15.0. The largest absolute Gasteiger partial charge is 0.494 e. The van der Waals surface area contributed by atoms with Gasteiger partial charge < -0.3 is 19.9 Å². The Morgan fingerprint density at radius 2 is 2.00 bits per heavy atom. The summed E-state index contributed by atoms with van der Waals surface area (Å²) >= 11 is 0. The number of rotatable bonds is 9. The van der Waals surface area contributed by atoms with Gasteiger partial charge in [-0.1, -0.05) is 18.2 Å². The minimum Gasteiger partial charge on any atom is -0.494 e. The van der Waals surface area contributed by atoms with Crippen LogP contribution in [0.1, 0.15) is 24.9 Å². The molecule has 1 atom stereocenters. The third kappa shape index (κ3) is 5.04. The highest BCUT2D eigenvalue weighted by Crippen LogP contribution is 2.23. The first-order valence-electron chi connectivity index (χ1n) is 6.33.